The lowest BCUT2D eigenvalue weighted by Crippen LogP contribution is -2.10. The SMILES string of the molecule is c1ccc(-n2c3ccccc3c3cc4c5ccc(C6Nc7ccc8ccc9ccccc9c8c7O6)cc5n(-c5ccccc5)c4cc32)cc1. The first-order chi connectivity index (χ1) is 24.3. The Morgan fingerprint density at radius 3 is 1.80 bits per heavy atom. The van der Waals surface area contributed by atoms with Gasteiger partial charge in [0.2, 0.25) is 0 Å². The molecule has 3 heterocycles. The Morgan fingerprint density at radius 2 is 1.02 bits per heavy atom. The van der Waals surface area contributed by atoms with E-state index >= 15 is 0 Å². The lowest BCUT2D eigenvalue weighted by atomic mass is 10.0. The van der Waals surface area contributed by atoms with Gasteiger partial charge in [-0.15, -0.1) is 0 Å². The largest absolute Gasteiger partial charge is 0.464 e. The molecule has 1 atom stereocenters. The number of rotatable bonds is 3. The fraction of sp³-hybridized carbons (Fsp3) is 0.0222. The number of hydrogen-bond acceptors (Lipinski definition) is 2. The Hall–Kier alpha value is -6.52. The smallest absolute Gasteiger partial charge is 0.196 e. The van der Waals surface area contributed by atoms with Crippen LogP contribution in [0.1, 0.15) is 11.8 Å². The van der Waals surface area contributed by atoms with Crippen molar-refractivity contribution < 1.29 is 4.74 Å². The minimum atomic E-state index is -0.309. The van der Waals surface area contributed by atoms with Gasteiger partial charge in [-0.05, 0) is 70.8 Å². The minimum Gasteiger partial charge on any atom is -0.464 e. The van der Waals surface area contributed by atoms with E-state index < -0.39 is 0 Å². The third-order valence-corrected chi connectivity index (χ3v) is 10.3. The van der Waals surface area contributed by atoms with Crippen molar-refractivity contribution in [3.05, 3.63) is 169 Å². The van der Waals surface area contributed by atoms with E-state index in [0.717, 1.165) is 39.3 Å². The van der Waals surface area contributed by atoms with E-state index in [1.165, 1.54) is 54.3 Å². The summed E-state index contributed by atoms with van der Waals surface area (Å²) in [4.78, 5) is 0. The van der Waals surface area contributed by atoms with Gasteiger partial charge in [0, 0.05) is 43.9 Å². The van der Waals surface area contributed by atoms with E-state index in [4.69, 9.17) is 4.74 Å². The summed E-state index contributed by atoms with van der Waals surface area (Å²) in [5.74, 6) is 0.916. The third-order valence-electron chi connectivity index (χ3n) is 10.3. The number of aromatic nitrogens is 2. The van der Waals surface area contributed by atoms with Crippen LogP contribution in [0.3, 0.4) is 0 Å². The average Bonchev–Trinajstić information content (AvgIpc) is 3.84. The predicted octanol–water partition coefficient (Wildman–Crippen LogP) is 11.7. The zero-order valence-electron chi connectivity index (χ0n) is 26.5. The molecule has 1 aliphatic rings. The predicted molar refractivity (Wildman–Crippen MR) is 204 cm³/mol. The van der Waals surface area contributed by atoms with Crippen LogP contribution in [0.2, 0.25) is 0 Å². The monoisotopic (exact) mass is 627 g/mol. The first kappa shape index (κ1) is 26.5. The Morgan fingerprint density at radius 1 is 0.429 bits per heavy atom. The average molecular weight is 628 g/mol. The molecule has 8 aromatic carbocycles. The van der Waals surface area contributed by atoms with E-state index in [1.807, 2.05) is 0 Å². The molecule has 0 aliphatic carbocycles. The zero-order valence-corrected chi connectivity index (χ0v) is 26.5. The summed E-state index contributed by atoms with van der Waals surface area (Å²) in [6, 6.07) is 58.9. The standard InChI is InChI=1S/C45H29N3O/c1-3-12-31(13-4-1)47-39-18-10-9-17-34(39)36-26-37-35-23-21-30(25-40(35)48(42(37)27-41(36)47)32-14-5-2-6-15-32)45-46-38-24-22-29-20-19-28-11-7-8-16-33(28)43(29)44(38)49-45/h1-27,45-46H. The second-order valence-electron chi connectivity index (χ2n) is 13.0. The van der Waals surface area contributed by atoms with Crippen molar-refractivity contribution in [2.24, 2.45) is 0 Å². The molecule has 4 nitrogen and oxygen atoms in total. The molecule has 230 valence electrons. The van der Waals surface area contributed by atoms with Gasteiger partial charge in [0.15, 0.2) is 12.0 Å². The van der Waals surface area contributed by atoms with Crippen molar-refractivity contribution in [2.45, 2.75) is 6.23 Å². The van der Waals surface area contributed by atoms with Crippen molar-refractivity contribution in [3.8, 4) is 17.1 Å². The lowest BCUT2D eigenvalue weighted by Gasteiger charge is -2.14. The van der Waals surface area contributed by atoms with Crippen LogP contribution < -0.4 is 10.1 Å². The molecule has 4 heteroatoms. The van der Waals surface area contributed by atoms with Gasteiger partial charge in [-0.25, -0.2) is 0 Å². The van der Waals surface area contributed by atoms with Gasteiger partial charge in [0.1, 0.15) is 0 Å². The van der Waals surface area contributed by atoms with Crippen LogP contribution in [-0.4, -0.2) is 9.13 Å². The molecule has 1 aliphatic heterocycles. The molecule has 10 aromatic rings. The first-order valence-electron chi connectivity index (χ1n) is 16.8. The molecule has 49 heavy (non-hydrogen) atoms. The highest BCUT2D eigenvalue weighted by Gasteiger charge is 2.27. The fourth-order valence-electron chi connectivity index (χ4n) is 8.11. The topological polar surface area (TPSA) is 31.1 Å². The zero-order chi connectivity index (χ0) is 32.1. The maximum absolute atomic E-state index is 6.82. The summed E-state index contributed by atoms with van der Waals surface area (Å²) >= 11 is 0. The van der Waals surface area contributed by atoms with Crippen LogP contribution in [0.4, 0.5) is 5.69 Å². The number of hydrogen-bond donors (Lipinski definition) is 1. The van der Waals surface area contributed by atoms with Crippen molar-refractivity contribution in [2.75, 3.05) is 5.32 Å². The minimum absolute atomic E-state index is 0.309. The van der Waals surface area contributed by atoms with Crippen LogP contribution in [0, 0.1) is 0 Å². The quantitative estimate of drug-likeness (QED) is 0.198. The molecule has 0 spiro atoms. The maximum atomic E-state index is 6.82. The van der Waals surface area contributed by atoms with E-state index in [2.05, 4.69) is 178 Å². The Labute approximate surface area is 282 Å². The number of fused-ring (bicyclic) bond motifs is 11. The van der Waals surface area contributed by atoms with Gasteiger partial charge in [-0.3, -0.25) is 0 Å². The Balaban J connectivity index is 1.14. The van der Waals surface area contributed by atoms with E-state index in [0.29, 0.717) is 0 Å². The number of nitrogens with one attached hydrogen (secondary N) is 1. The van der Waals surface area contributed by atoms with Gasteiger partial charge in [-0.2, -0.15) is 0 Å². The number of para-hydroxylation sites is 3. The molecule has 1 unspecified atom stereocenters. The maximum Gasteiger partial charge on any atom is 0.196 e. The van der Waals surface area contributed by atoms with Crippen LogP contribution in [-0.2, 0) is 0 Å². The molecule has 2 aromatic heterocycles. The molecule has 0 fully saturated rings. The van der Waals surface area contributed by atoms with Crippen LogP contribution in [0.25, 0.3) is 76.5 Å². The number of benzene rings is 8. The molecule has 0 saturated carbocycles. The number of anilines is 1. The third kappa shape index (κ3) is 3.80. The van der Waals surface area contributed by atoms with Crippen molar-refractivity contribution in [1.82, 2.24) is 9.13 Å². The van der Waals surface area contributed by atoms with Gasteiger partial charge in [0.25, 0.3) is 0 Å². The van der Waals surface area contributed by atoms with Crippen molar-refractivity contribution in [1.29, 1.82) is 0 Å². The summed E-state index contributed by atoms with van der Waals surface area (Å²) < 4.78 is 11.6. The fourth-order valence-corrected chi connectivity index (χ4v) is 8.11. The van der Waals surface area contributed by atoms with Crippen LogP contribution >= 0.6 is 0 Å². The summed E-state index contributed by atoms with van der Waals surface area (Å²) in [5.41, 5.74) is 9.11. The summed E-state index contributed by atoms with van der Waals surface area (Å²) in [6.45, 7) is 0. The Kier molecular flexibility index (Phi) is 5.41. The molecule has 1 N–H and O–H groups in total. The second kappa shape index (κ2) is 9.99. The lowest BCUT2D eigenvalue weighted by molar-refractivity contribution is 0.263. The van der Waals surface area contributed by atoms with E-state index in [1.54, 1.807) is 0 Å². The normalized spacial score (nSPS) is 14.2. The molecule has 0 saturated heterocycles. The molecule has 0 bridgehead atoms. The van der Waals surface area contributed by atoms with E-state index in [9.17, 15) is 0 Å². The Bertz CT molecular complexity index is 2940. The van der Waals surface area contributed by atoms with Gasteiger partial charge >= 0.3 is 0 Å². The highest BCUT2D eigenvalue weighted by atomic mass is 16.5. The van der Waals surface area contributed by atoms with Gasteiger partial charge in [0.05, 0.1) is 27.8 Å². The first-order valence-corrected chi connectivity index (χ1v) is 16.8. The molecule has 0 amide bonds. The summed E-state index contributed by atoms with van der Waals surface area (Å²) in [7, 11) is 0. The molecule has 11 rings (SSSR count). The molecular formula is C45H29N3O. The van der Waals surface area contributed by atoms with Crippen LogP contribution in [0.15, 0.2) is 164 Å². The summed E-state index contributed by atoms with van der Waals surface area (Å²) in [6.07, 6.45) is -0.309. The van der Waals surface area contributed by atoms with Crippen molar-refractivity contribution in [3.63, 3.8) is 0 Å². The van der Waals surface area contributed by atoms with Gasteiger partial charge < -0.3 is 19.2 Å². The molecule has 0 radical (unpaired) electrons. The summed E-state index contributed by atoms with van der Waals surface area (Å²) in [5, 5.41) is 13.4. The van der Waals surface area contributed by atoms with Gasteiger partial charge in [-0.1, -0.05) is 109 Å². The van der Waals surface area contributed by atoms with Crippen molar-refractivity contribution >= 4 is 70.8 Å². The highest BCUT2D eigenvalue weighted by molar-refractivity contribution is 6.19. The second-order valence-corrected chi connectivity index (χ2v) is 13.0. The number of nitrogens with zero attached hydrogens (tertiary/aromatic N) is 2. The molecular weight excluding hydrogens is 599 g/mol. The van der Waals surface area contributed by atoms with E-state index in [-0.39, 0.29) is 6.23 Å². The van der Waals surface area contributed by atoms with Crippen LogP contribution in [0.5, 0.6) is 5.75 Å². The highest BCUT2D eigenvalue weighted by Crippen LogP contribution is 2.47. The number of ether oxygens (including phenoxy) is 1.